The average Bonchev–Trinajstić information content (AvgIpc) is 3.40. The number of aromatic nitrogens is 4. The molecule has 3 heterocycles. The van der Waals surface area contributed by atoms with Crippen molar-refractivity contribution in [3.05, 3.63) is 42.5 Å². The van der Waals surface area contributed by atoms with E-state index in [4.69, 9.17) is 15.2 Å². The van der Waals surface area contributed by atoms with Crippen LogP contribution >= 0.6 is 0 Å². The van der Waals surface area contributed by atoms with Gasteiger partial charge in [0.2, 0.25) is 5.91 Å². The number of nitrogens with one attached hydrogen (secondary N) is 1. The Morgan fingerprint density at radius 3 is 2.60 bits per heavy atom. The molecule has 5 N–H and O–H groups in total. The topological polar surface area (TPSA) is 178 Å². The van der Waals surface area contributed by atoms with Crippen molar-refractivity contribution in [2.75, 3.05) is 26.1 Å². The van der Waals surface area contributed by atoms with Crippen LogP contribution in [-0.2, 0) is 20.7 Å². The number of aliphatic carboxylic acids is 1. The quantitative estimate of drug-likeness (QED) is 0.317. The van der Waals surface area contributed by atoms with Crippen molar-refractivity contribution >= 4 is 28.9 Å². The van der Waals surface area contributed by atoms with Crippen molar-refractivity contribution in [2.45, 2.75) is 36.9 Å². The average molecular weight is 486 g/mol. The number of methoxy groups -OCH3 is 1. The molecule has 1 aliphatic heterocycles. The summed E-state index contributed by atoms with van der Waals surface area (Å²) >= 11 is 0. The van der Waals surface area contributed by atoms with Crippen LogP contribution in [0.25, 0.3) is 11.2 Å². The summed E-state index contributed by atoms with van der Waals surface area (Å²) in [5.74, 6) is -0.740. The van der Waals surface area contributed by atoms with Gasteiger partial charge in [-0.3, -0.25) is 9.36 Å². The molecule has 1 aromatic carbocycles. The lowest BCUT2D eigenvalue weighted by molar-refractivity contribution is -0.152. The second-order valence-electron chi connectivity index (χ2n) is 8.38. The number of carbonyl (C=O) groups is 2. The van der Waals surface area contributed by atoms with E-state index < -0.39 is 42.4 Å². The number of imidazole rings is 1. The van der Waals surface area contributed by atoms with E-state index in [1.165, 1.54) is 17.2 Å². The molecule has 0 saturated carbocycles. The van der Waals surface area contributed by atoms with Gasteiger partial charge < -0.3 is 35.6 Å². The Morgan fingerprint density at radius 1 is 1.26 bits per heavy atom. The maximum atomic E-state index is 12.8. The lowest BCUT2D eigenvalue weighted by Crippen LogP contribution is -2.54. The summed E-state index contributed by atoms with van der Waals surface area (Å²) in [5, 5.41) is 23.2. The molecule has 0 aliphatic carbocycles. The highest BCUT2D eigenvalue weighted by atomic mass is 16.6. The zero-order chi connectivity index (χ0) is 25.3. The molecular formula is C22H27N7O6. The van der Waals surface area contributed by atoms with Gasteiger partial charge in [-0.05, 0) is 24.1 Å². The number of benzene rings is 1. The maximum absolute atomic E-state index is 12.8. The van der Waals surface area contributed by atoms with Crippen LogP contribution in [0.4, 0.5) is 5.82 Å². The monoisotopic (exact) mass is 485 g/mol. The van der Waals surface area contributed by atoms with Gasteiger partial charge in [0.1, 0.15) is 18.2 Å². The number of carboxylic acid groups (broad SMARTS) is 1. The number of hydrogen-bond donors (Lipinski definition) is 4. The van der Waals surface area contributed by atoms with Crippen molar-refractivity contribution in [3.8, 4) is 5.75 Å². The number of nitrogens with two attached hydrogens (primary N) is 1. The zero-order valence-electron chi connectivity index (χ0n) is 19.4. The smallest absolute Gasteiger partial charge is 0.335 e. The molecule has 2 aromatic heterocycles. The molecule has 3 aromatic rings. The number of aliphatic hydroxyl groups excluding tert-OH is 1. The first-order valence-electron chi connectivity index (χ1n) is 10.8. The third kappa shape index (κ3) is 4.73. The first-order valence-corrected chi connectivity index (χ1v) is 10.8. The van der Waals surface area contributed by atoms with Gasteiger partial charge in [-0.2, -0.15) is 0 Å². The fourth-order valence-corrected chi connectivity index (χ4v) is 4.01. The third-order valence-electron chi connectivity index (χ3n) is 5.81. The third-order valence-corrected chi connectivity index (χ3v) is 5.81. The molecule has 5 atom stereocenters. The van der Waals surface area contributed by atoms with E-state index in [-0.39, 0.29) is 6.42 Å². The Bertz CT molecular complexity index is 1210. The van der Waals surface area contributed by atoms with Gasteiger partial charge in [-0.25, -0.2) is 19.7 Å². The molecular weight excluding hydrogens is 458 g/mol. The number of anilines is 1. The number of ether oxygens (including phenoxy) is 2. The first-order chi connectivity index (χ1) is 16.7. The van der Waals surface area contributed by atoms with E-state index in [1.54, 1.807) is 50.4 Å². The first kappa shape index (κ1) is 24.3. The summed E-state index contributed by atoms with van der Waals surface area (Å²) in [6, 6.07) is 4.83. The Hall–Kier alpha value is -3.81. The van der Waals surface area contributed by atoms with Gasteiger partial charge in [0.25, 0.3) is 0 Å². The van der Waals surface area contributed by atoms with E-state index in [2.05, 4.69) is 20.3 Å². The highest BCUT2D eigenvalue weighted by molar-refractivity contribution is 5.84. The molecule has 4 rings (SSSR count). The minimum Gasteiger partial charge on any atom is -0.497 e. The molecule has 186 valence electrons. The van der Waals surface area contributed by atoms with Gasteiger partial charge >= 0.3 is 5.97 Å². The molecule has 0 spiro atoms. The summed E-state index contributed by atoms with van der Waals surface area (Å²) in [5.41, 5.74) is 7.66. The highest BCUT2D eigenvalue weighted by Crippen LogP contribution is 2.33. The molecule has 0 bridgehead atoms. The van der Waals surface area contributed by atoms with E-state index in [0.29, 0.717) is 22.7 Å². The highest BCUT2D eigenvalue weighted by Gasteiger charge is 2.49. The molecule has 1 amide bonds. The number of aliphatic hydroxyl groups is 1. The van der Waals surface area contributed by atoms with Gasteiger partial charge in [0.15, 0.2) is 29.3 Å². The number of nitrogens with zero attached hydrogens (tertiary/aromatic N) is 5. The molecule has 13 heteroatoms. The number of carbonyl (C=O) groups excluding carboxylic acids is 1. The van der Waals surface area contributed by atoms with Crippen LogP contribution in [0, 0.1) is 0 Å². The molecule has 35 heavy (non-hydrogen) atoms. The Balaban J connectivity index is 1.53. The van der Waals surface area contributed by atoms with Crippen LogP contribution < -0.4 is 20.7 Å². The summed E-state index contributed by atoms with van der Waals surface area (Å²) in [6.45, 7) is 0. The number of carboxylic acids is 1. The normalized spacial score (nSPS) is 22.7. The number of hydrogen-bond acceptors (Lipinski definition) is 10. The van der Waals surface area contributed by atoms with Gasteiger partial charge in [0.05, 0.1) is 25.5 Å². The van der Waals surface area contributed by atoms with E-state index in [1.807, 2.05) is 0 Å². The predicted molar refractivity (Wildman–Crippen MR) is 124 cm³/mol. The van der Waals surface area contributed by atoms with Gasteiger partial charge in [0, 0.05) is 14.1 Å². The number of rotatable bonds is 8. The van der Waals surface area contributed by atoms with Crippen LogP contribution in [-0.4, -0.2) is 87.1 Å². The van der Waals surface area contributed by atoms with Crippen LogP contribution in [0.5, 0.6) is 5.75 Å². The fourth-order valence-electron chi connectivity index (χ4n) is 4.01. The SMILES string of the molecule is COc1ccc(CC(N)C(=O)NC2C(C(=O)O)OC(n3cnc4c(N(C)C)ncnc43)C2O)cc1. The molecule has 0 radical (unpaired) electrons. The second kappa shape index (κ2) is 9.82. The van der Waals surface area contributed by atoms with Crippen LogP contribution in [0.2, 0.25) is 0 Å². The summed E-state index contributed by atoms with van der Waals surface area (Å²) in [4.78, 5) is 39.2. The molecule has 5 unspecified atom stereocenters. The zero-order valence-corrected chi connectivity index (χ0v) is 19.4. The van der Waals surface area contributed by atoms with Gasteiger partial charge in [-0.1, -0.05) is 12.1 Å². The fraction of sp³-hybridized carbons (Fsp3) is 0.409. The van der Waals surface area contributed by atoms with Crippen molar-refractivity contribution in [3.63, 3.8) is 0 Å². The molecule has 1 fully saturated rings. The lowest BCUT2D eigenvalue weighted by Gasteiger charge is -2.22. The van der Waals surface area contributed by atoms with Crippen LogP contribution in [0.1, 0.15) is 11.8 Å². The van der Waals surface area contributed by atoms with Crippen molar-refractivity contribution in [2.24, 2.45) is 5.73 Å². The number of fused-ring (bicyclic) bond motifs is 1. The summed E-state index contributed by atoms with van der Waals surface area (Å²) in [6.07, 6.45) is -1.16. The molecule has 13 nitrogen and oxygen atoms in total. The Morgan fingerprint density at radius 2 is 1.97 bits per heavy atom. The largest absolute Gasteiger partial charge is 0.497 e. The van der Waals surface area contributed by atoms with Crippen molar-refractivity contribution < 1.29 is 29.3 Å². The second-order valence-corrected chi connectivity index (χ2v) is 8.38. The minimum absolute atomic E-state index is 0.205. The van der Waals surface area contributed by atoms with Crippen LogP contribution in [0.3, 0.4) is 0 Å². The van der Waals surface area contributed by atoms with E-state index in [9.17, 15) is 19.8 Å². The molecule has 1 aliphatic rings. The standard InChI is InChI=1S/C22H27N7O6/c1-28(2)18-15-19(25-9-24-18)29(10-26-15)21-16(30)14(17(35-21)22(32)33)27-20(31)13(23)8-11-4-6-12(34-3)7-5-11/h4-7,9-10,13-14,16-17,21,30H,8,23H2,1-3H3,(H,27,31)(H,32,33). The van der Waals surface area contributed by atoms with Crippen molar-refractivity contribution in [1.82, 2.24) is 24.8 Å². The maximum Gasteiger partial charge on any atom is 0.335 e. The van der Waals surface area contributed by atoms with Gasteiger partial charge in [-0.15, -0.1) is 0 Å². The van der Waals surface area contributed by atoms with Crippen LogP contribution in [0.15, 0.2) is 36.9 Å². The summed E-state index contributed by atoms with van der Waals surface area (Å²) in [7, 11) is 5.14. The van der Waals surface area contributed by atoms with E-state index >= 15 is 0 Å². The van der Waals surface area contributed by atoms with E-state index in [0.717, 1.165) is 5.56 Å². The lowest BCUT2D eigenvalue weighted by atomic mass is 10.0. The molecule has 1 saturated heterocycles. The number of amides is 1. The minimum atomic E-state index is -1.51. The Kier molecular flexibility index (Phi) is 6.82. The predicted octanol–water partition coefficient (Wildman–Crippen LogP) is -0.701. The Labute approximate surface area is 200 Å². The van der Waals surface area contributed by atoms with Crippen molar-refractivity contribution in [1.29, 1.82) is 0 Å². The summed E-state index contributed by atoms with van der Waals surface area (Å²) < 4.78 is 12.2.